The third kappa shape index (κ3) is 2.57. The highest BCUT2D eigenvalue weighted by molar-refractivity contribution is 5.97. The summed E-state index contributed by atoms with van der Waals surface area (Å²) in [4.78, 5) is 11.5. The Hall–Kier alpha value is -1.44. The Bertz CT molecular complexity index is 426. The molecule has 0 N–H and O–H groups in total. The van der Waals surface area contributed by atoms with Crippen LogP contribution in [0.15, 0.2) is 24.3 Å². The SMILES string of the molecule is Cc1cc(F)cc(C2=CC(=O)CCCC2)c1. The van der Waals surface area contributed by atoms with Crippen molar-refractivity contribution in [3.63, 3.8) is 0 Å². The number of allylic oxidation sites excluding steroid dienone is 2. The summed E-state index contributed by atoms with van der Waals surface area (Å²) in [7, 11) is 0. The van der Waals surface area contributed by atoms with E-state index in [-0.39, 0.29) is 11.6 Å². The van der Waals surface area contributed by atoms with Crippen molar-refractivity contribution in [1.29, 1.82) is 0 Å². The molecule has 1 aromatic carbocycles. The second kappa shape index (κ2) is 4.60. The van der Waals surface area contributed by atoms with Gasteiger partial charge in [-0.05, 0) is 61.1 Å². The number of carbonyl (C=O) groups is 1. The fourth-order valence-electron chi connectivity index (χ4n) is 2.10. The van der Waals surface area contributed by atoms with Crippen molar-refractivity contribution in [1.82, 2.24) is 0 Å². The molecular weight excluding hydrogens is 203 g/mol. The largest absolute Gasteiger partial charge is 0.295 e. The number of hydrogen-bond donors (Lipinski definition) is 0. The third-order valence-electron chi connectivity index (χ3n) is 2.87. The molecule has 16 heavy (non-hydrogen) atoms. The van der Waals surface area contributed by atoms with Gasteiger partial charge in [-0.2, -0.15) is 0 Å². The molecule has 0 bridgehead atoms. The molecule has 1 aliphatic rings. The first-order valence-electron chi connectivity index (χ1n) is 5.66. The van der Waals surface area contributed by atoms with Crippen LogP contribution in [-0.2, 0) is 4.79 Å². The quantitative estimate of drug-likeness (QED) is 0.703. The number of halogens is 1. The molecule has 0 heterocycles. The molecule has 2 rings (SSSR count). The van der Waals surface area contributed by atoms with Crippen LogP contribution in [0.25, 0.3) is 5.57 Å². The van der Waals surface area contributed by atoms with Crippen molar-refractivity contribution in [2.45, 2.75) is 32.6 Å². The minimum absolute atomic E-state index is 0.161. The Morgan fingerprint density at radius 3 is 2.62 bits per heavy atom. The van der Waals surface area contributed by atoms with E-state index in [1.54, 1.807) is 6.08 Å². The van der Waals surface area contributed by atoms with Crippen LogP contribution in [0.5, 0.6) is 0 Å². The molecule has 0 aliphatic heterocycles. The minimum Gasteiger partial charge on any atom is -0.295 e. The molecule has 0 fully saturated rings. The van der Waals surface area contributed by atoms with E-state index in [0.717, 1.165) is 36.0 Å². The van der Waals surface area contributed by atoms with E-state index >= 15 is 0 Å². The highest BCUT2D eigenvalue weighted by Crippen LogP contribution is 2.26. The zero-order chi connectivity index (χ0) is 11.5. The van der Waals surface area contributed by atoms with Crippen LogP contribution in [0.3, 0.4) is 0 Å². The van der Waals surface area contributed by atoms with E-state index in [1.807, 2.05) is 13.0 Å². The van der Waals surface area contributed by atoms with Crippen molar-refractivity contribution < 1.29 is 9.18 Å². The highest BCUT2D eigenvalue weighted by atomic mass is 19.1. The first kappa shape index (κ1) is 11.1. The topological polar surface area (TPSA) is 17.1 Å². The van der Waals surface area contributed by atoms with Gasteiger partial charge in [-0.1, -0.05) is 6.07 Å². The van der Waals surface area contributed by atoms with Crippen molar-refractivity contribution >= 4 is 11.4 Å². The van der Waals surface area contributed by atoms with E-state index < -0.39 is 0 Å². The molecule has 1 nitrogen and oxygen atoms in total. The fourth-order valence-corrected chi connectivity index (χ4v) is 2.10. The van der Waals surface area contributed by atoms with Gasteiger partial charge in [0.2, 0.25) is 0 Å². The Kier molecular flexibility index (Phi) is 3.18. The molecule has 0 spiro atoms. The van der Waals surface area contributed by atoms with E-state index in [2.05, 4.69) is 0 Å². The minimum atomic E-state index is -0.229. The molecule has 2 heteroatoms. The van der Waals surface area contributed by atoms with Gasteiger partial charge in [-0.3, -0.25) is 4.79 Å². The van der Waals surface area contributed by atoms with Gasteiger partial charge in [0, 0.05) is 6.42 Å². The predicted octanol–water partition coefficient (Wildman–Crippen LogP) is 3.66. The van der Waals surface area contributed by atoms with Crippen LogP contribution in [0.1, 0.15) is 36.8 Å². The normalized spacial score (nSPS) is 16.9. The van der Waals surface area contributed by atoms with Gasteiger partial charge in [0.15, 0.2) is 5.78 Å². The van der Waals surface area contributed by atoms with Crippen molar-refractivity contribution in [3.8, 4) is 0 Å². The zero-order valence-corrected chi connectivity index (χ0v) is 9.42. The van der Waals surface area contributed by atoms with Crippen molar-refractivity contribution in [3.05, 3.63) is 41.2 Å². The first-order chi connectivity index (χ1) is 7.65. The number of rotatable bonds is 1. The molecule has 1 aromatic rings. The summed E-state index contributed by atoms with van der Waals surface area (Å²) >= 11 is 0. The summed E-state index contributed by atoms with van der Waals surface area (Å²) in [5.41, 5.74) is 2.73. The number of hydrogen-bond acceptors (Lipinski definition) is 1. The Morgan fingerprint density at radius 1 is 1.12 bits per heavy atom. The van der Waals surface area contributed by atoms with Gasteiger partial charge in [0.05, 0.1) is 0 Å². The number of carbonyl (C=O) groups excluding carboxylic acids is 1. The van der Waals surface area contributed by atoms with Crippen LogP contribution in [0.2, 0.25) is 0 Å². The molecule has 0 aromatic heterocycles. The lowest BCUT2D eigenvalue weighted by molar-refractivity contribution is -0.114. The number of aryl methyl sites for hydroxylation is 1. The van der Waals surface area contributed by atoms with E-state index in [4.69, 9.17) is 0 Å². The Balaban J connectivity index is 2.38. The predicted molar refractivity (Wildman–Crippen MR) is 62.6 cm³/mol. The number of ketones is 1. The van der Waals surface area contributed by atoms with Crippen molar-refractivity contribution in [2.75, 3.05) is 0 Å². The van der Waals surface area contributed by atoms with Crippen molar-refractivity contribution in [2.24, 2.45) is 0 Å². The van der Waals surface area contributed by atoms with Gasteiger partial charge in [0.25, 0.3) is 0 Å². The summed E-state index contributed by atoms with van der Waals surface area (Å²) in [6, 6.07) is 4.95. The van der Waals surface area contributed by atoms with Crippen LogP contribution in [-0.4, -0.2) is 5.78 Å². The van der Waals surface area contributed by atoms with Gasteiger partial charge in [-0.15, -0.1) is 0 Å². The summed E-state index contributed by atoms with van der Waals surface area (Å²) in [5.74, 6) is -0.0676. The summed E-state index contributed by atoms with van der Waals surface area (Å²) < 4.78 is 13.3. The van der Waals surface area contributed by atoms with Gasteiger partial charge >= 0.3 is 0 Å². The maximum atomic E-state index is 13.3. The highest BCUT2D eigenvalue weighted by Gasteiger charge is 2.11. The summed E-state index contributed by atoms with van der Waals surface area (Å²) in [6.07, 6.45) is 5.12. The second-order valence-corrected chi connectivity index (χ2v) is 4.36. The molecule has 0 radical (unpaired) electrons. The summed E-state index contributed by atoms with van der Waals surface area (Å²) in [5, 5.41) is 0. The monoisotopic (exact) mass is 218 g/mol. The van der Waals surface area contributed by atoms with E-state index in [1.165, 1.54) is 12.1 Å². The van der Waals surface area contributed by atoms with E-state index in [9.17, 15) is 9.18 Å². The van der Waals surface area contributed by atoms with E-state index in [0.29, 0.717) is 6.42 Å². The lowest BCUT2D eigenvalue weighted by Gasteiger charge is -2.06. The van der Waals surface area contributed by atoms with Crippen LogP contribution < -0.4 is 0 Å². The molecule has 0 saturated heterocycles. The van der Waals surface area contributed by atoms with Gasteiger partial charge < -0.3 is 0 Å². The maximum absolute atomic E-state index is 13.3. The molecule has 0 unspecified atom stereocenters. The molecule has 84 valence electrons. The average Bonchev–Trinajstić information content (AvgIpc) is 2.41. The maximum Gasteiger partial charge on any atom is 0.155 e. The number of benzene rings is 1. The summed E-state index contributed by atoms with van der Waals surface area (Å²) in [6.45, 7) is 1.87. The molecule has 1 aliphatic carbocycles. The standard InChI is InChI=1S/C14H15FO/c1-10-6-12(8-13(15)7-10)11-4-2-3-5-14(16)9-11/h6-9H,2-5H2,1H3. The first-order valence-corrected chi connectivity index (χ1v) is 5.66. The van der Waals surface area contributed by atoms with Crippen LogP contribution in [0, 0.1) is 12.7 Å². The second-order valence-electron chi connectivity index (χ2n) is 4.36. The lowest BCUT2D eigenvalue weighted by Crippen LogP contribution is -1.92. The van der Waals surface area contributed by atoms with Crippen LogP contribution in [0.4, 0.5) is 4.39 Å². The Morgan fingerprint density at radius 2 is 1.88 bits per heavy atom. The smallest absolute Gasteiger partial charge is 0.155 e. The molecule has 0 saturated carbocycles. The van der Waals surface area contributed by atoms with Crippen LogP contribution >= 0.6 is 0 Å². The third-order valence-corrected chi connectivity index (χ3v) is 2.87. The average molecular weight is 218 g/mol. The molecular formula is C14H15FO. The zero-order valence-electron chi connectivity index (χ0n) is 9.42. The fraction of sp³-hybridized carbons (Fsp3) is 0.357. The molecule has 0 amide bonds. The van der Waals surface area contributed by atoms with Gasteiger partial charge in [-0.25, -0.2) is 4.39 Å². The van der Waals surface area contributed by atoms with Gasteiger partial charge in [0.1, 0.15) is 5.82 Å². The molecule has 0 atom stereocenters. The lowest BCUT2D eigenvalue weighted by atomic mass is 9.99. The Labute approximate surface area is 95.0 Å².